The van der Waals surface area contributed by atoms with Crippen LogP contribution in [0.25, 0.3) is 5.76 Å². The third kappa shape index (κ3) is 5.12. The quantitative estimate of drug-likeness (QED) is 0.240. The van der Waals surface area contributed by atoms with Gasteiger partial charge < -0.3 is 29.2 Å². The molecule has 198 valence electrons. The van der Waals surface area contributed by atoms with Crippen LogP contribution in [0.15, 0.2) is 29.8 Å². The number of hydrogen-bond donors (Lipinski definition) is 2. The molecule has 10 heteroatoms. The Morgan fingerprint density at radius 2 is 1.92 bits per heavy atom. The van der Waals surface area contributed by atoms with Crippen molar-refractivity contribution in [2.75, 3.05) is 53.1 Å². The molecule has 0 spiro atoms. The third-order valence-corrected chi connectivity index (χ3v) is 6.85. The van der Waals surface area contributed by atoms with Crippen LogP contribution >= 0.6 is 0 Å². The van der Waals surface area contributed by atoms with Gasteiger partial charge in [-0.25, -0.2) is 4.79 Å². The largest absolute Gasteiger partial charge is 0.507 e. The molecule has 1 aromatic carbocycles. The van der Waals surface area contributed by atoms with Gasteiger partial charge in [-0.3, -0.25) is 14.5 Å². The van der Waals surface area contributed by atoms with E-state index >= 15 is 0 Å². The van der Waals surface area contributed by atoms with Crippen LogP contribution in [0.2, 0.25) is 0 Å². The molecule has 37 heavy (non-hydrogen) atoms. The van der Waals surface area contributed by atoms with E-state index in [4.69, 9.17) is 14.2 Å². The van der Waals surface area contributed by atoms with E-state index in [0.29, 0.717) is 61.0 Å². The number of likely N-dealkylation sites (tertiary alicyclic amines) is 1. The Kier molecular flexibility index (Phi) is 7.99. The molecule has 3 heterocycles. The third-order valence-electron chi connectivity index (χ3n) is 6.85. The van der Waals surface area contributed by atoms with E-state index in [1.165, 1.54) is 12.0 Å². The first-order chi connectivity index (χ1) is 17.8. The maximum absolute atomic E-state index is 13.4. The van der Waals surface area contributed by atoms with Crippen LogP contribution in [-0.4, -0.2) is 90.7 Å². The summed E-state index contributed by atoms with van der Waals surface area (Å²) in [6, 6.07) is 6.37. The lowest BCUT2D eigenvalue weighted by Gasteiger charge is -2.31. The topological polar surface area (TPSA) is 121 Å². The molecule has 2 N–H and O–H groups in total. The molecule has 0 saturated carbocycles. The fourth-order valence-electron chi connectivity index (χ4n) is 5.02. The van der Waals surface area contributed by atoms with E-state index in [1.54, 1.807) is 32.0 Å². The zero-order chi connectivity index (χ0) is 26.7. The van der Waals surface area contributed by atoms with Gasteiger partial charge in [-0.05, 0) is 44.0 Å². The number of rotatable bonds is 8. The van der Waals surface area contributed by atoms with Crippen LogP contribution in [-0.2, 0) is 19.1 Å². The van der Waals surface area contributed by atoms with Crippen molar-refractivity contribution < 1.29 is 33.7 Å². The zero-order valence-electron chi connectivity index (χ0n) is 21.6. The number of benzene rings is 1. The highest BCUT2D eigenvalue weighted by Gasteiger charge is 2.46. The predicted octanol–water partition coefficient (Wildman–Crippen LogP) is 2.57. The van der Waals surface area contributed by atoms with Crippen LogP contribution in [0.3, 0.4) is 0 Å². The number of H-pyrrole nitrogens is 1. The summed E-state index contributed by atoms with van der Waals surface area (Å²) in [6.07, 6.45) is 0. The van der Waals surface area contributed by atoms with Gasteiger partial charge >= 0.3 is 5.97 Å². The highest BCUT2D eigenvalue weighted by molar-refractivity contribution is 6.46. The Bertz CT molecular complexity index is 1230. The monoisotopic (exact) mass is 511 g/mol. The summed E-state index contributed by atoms with van der Waals surface area (Å²) in [5, 5.41) is 11.5. The lowest BCUT2D eigenvalue weighted by Crippen LogP contribution is -2.42. The van der Waals surface area contributed by atoms with Gasteiger partial charge in [-0.15, -0.1) is 0 Å². The molecule has 4 rings (SSSR count). The van der Waals surface area contributed by atoms with Gasteiger partial charge in [-0.1, -0.05) is 12.1 Å². The summed E-state index contributed by atoms with van der Waals surface area (Å²) in [5.74, 6) is -1.78. The van der Waals surface area contributed by atoms with Crippen LogP contribution in [0.4, 0.5) is 0 Å². The zero-order valence-corrected chi connectivity index (χ0v) is 21.6. The van der Waals surface area contributed by atoms with E-state index in [-0.39, 0.29) is 17.0 Å². The number of aromatic nitrogens is 1. The number of hydrogen-bond acceptors (Lipinski definition) is 8. The average Bonchev–Trinajstić information content (AvgIpc) is 3.34. The van der Waals surface area contributed by atoms with E-state index in [9.17, 15) is 19.5 Å². The number of carbonyl (C=O) groups is 3. The number of aryl methyl sites for hydroxylation is 1. The van der Waals surface area contributed by atoms with Crippen molar-refractivity contribution in [1.82, 2.24) is 14.8 Å². The number of methoxy groups -OCH3 is 1. The molecular formula is C27H33N3O7. The van der Waals surface area contributed by atoms with Crippen molar-refractivity contribution in [2.24, 2.45) is 0 Å². The first-order valence-electron chi connectivity index (χ1n) is 12.4. The molecule has 1 atom stereocenters. The molecule has 2 saturated heterocycles. The molecule has 0 bridgehead atoms. The summed E-state index contributed by atoms with van der Waals surface area (Å²) in [6.45, 7) is 9.25. The second-order valence-corrected chi connectivity index (χ2v) is 9.07. The van der Waals surface area contributed by atoms with Gasteiger partial charge in [0.1, 0.15) is 17.2 Å². The van der Waals surface area contributed by atoms with E-state index in [0.717, 1.165) is 13.1 Å². The SMILES string of the molecule is CCOc1cccc(C2C(=C(O)c3c(C)[nH]c(C(=O)OC)c3C)C(=O)C(=O)N2CCN2CCOCC2)c1. The molecule has 10 nitrogen and oxygen atoms in total. The minimum Gasteiger partial charge on any atom is -0.507 e. The summed E-state index contributed by atoms with van der Waals surface area (Å²) < 4.78 is 15.9. The van der Waals surface area contributed by atoms with E-state index in [2.05, 4.69) is 9.88 Å². The van der Waals surface area contributed by atoms with Gasteiger partial charge in [-0.2, -0.15) is 0 Å². The van der Waals surface area contributed by atoms with Crippen LogP contribution in [0, 0.1) is 13.8 Å². The van der Waals surface area contributed by atoms with Crippen molar-refractivity contribution in [3.8, 4) is 5.75 Å². The number of Topliss-reactive ketones (excluding diaryl/α,β-unsaturated/α-hetero) is 1. The van der Waals surface area contributed by atoms with Crippen LogP contribution in [0.5, 0.6) is 5.75 Å². The van der Waals surface area contributed by atoms with Crippen molar-refractivity contribution in [3.63, 3.8) is 0 Å². The lowest BCUT2D eigenvalue weighted by atomic mass is 9.94. The molecule has 1 unspecified atom stereocenters. The first-order valence-corrected chi connectivity index (χ1v) is 12.4. The van der Waals surface area contributed by atoms with Crippen molar-refractivity contribution in [2.45, 2.75) is 26.8 Å². The number of nitrogens with zero attached hydrogens (tertiary/aromatic N) is 2. The predicted molar refractivity (Wildman–Crippen MR) is 135 cm³/mol. The first kappa shape index (κ1) is 26.4. The molecule has 0 radical (unpaired) electrons. The van der Waals surface area contributed by atoms with Crippen molar-refractivity contribution in [1.29, 1.82) is 0 Å². The molecule has 1 aromatic heterocycles. The van der Waals surface area contributed by atoms with Gasteiger partial charge in [0, 0.05) is 37.4 Å². The van der Waals surface area contributed by atoms with Crippen LogP contribution < -0.4 is 4.74 Å². The molecule has 1 amide bonds. The normalized spacial score (nSPS) is 19.9. The molecular weight excluding hydrogens is 478 g/mol. The Labute approximate surface area is 215 Å². The number of aliphatic hydroxyl groups is 1. The summed E-state index contributed by atoms with van der Waals surface area (Å²) >= 11 is 0. The summed E-state index contributed by atoms with van der Waals surface area (Å²) in [5.41, 5.74) is 2.02. The number of ether oxygens (including phenoxy) is 3. The Balaban J connectivity index is 1.81. The molecule has 2 aliphatic heterocycles. The molecule has 2 fully saturated rings. The molecule has 2 aliphatic rings. The van der Waals surface area contributed by atoms with Crippen LogP contribution in [0.1, 0.15) is 45.8 Å². The number of morpholine rings is 1. The number of nitrogens with one attached hydrogen (secondary N) is 1. The highest BCUT2D eigenvalue weighted by atomic mass is 16.5. The number of esters is 1. The Hall–Kier alpha value is -3.63. The maximum atomic E-state index is 13.4. The van der Waals surface area contributed by atoms with E-state index in [1.807, 2.05) is 13.0 Å². The number of amides is 1. The maximum Gasteiger partial charge on any atom is 0.354 e. The second kappa shape index (κ2) is 11.2. The Morgan fingerprint density at radius 1 is 1.19 bits per heavy atom. The smallest absolute Gasteiger partial charge is 0.354 e. The molecule has 2 aromatic rings. The molecule has 0 aliphatic carbocycles. The second-order valence-electron chi connectivity index (χ2n) is 9.07. The highest BCUT2D eigenvalue weighted by Crippen LogP contribution is 2.41. The fourth-order valence-corrected chi connectivity index (χ4v) is 5.02. The number of aliphatic hydroxyl groups excluding tert-OH is 1. The average molecular weight is 512 g/mol. The fraction of sp³-hybridized carbons (Fsp3) is 0.444. The van der Waals surface area contributed by atoms with Crippen molar-refractivity contribution in [3.05, 3.63) is 57.9 Å². The standard InChI is InChI=1S/C27H33N3O7/c1-5-37-19-8-6-7-18(15-19)23-21(24(31)20-16(2)22(27(34)35-4)28-17(20)3)25(32)26(33)30(23)10-9-29-11-13-36-14-12-29/h6-8,15,23,28,31H,5,9-14H2,1-4H3. The van der Waals surface area contributed by atoms with Gasteiger partial charge in [0.15, 0.2) is 0 Å². The number of ketones is 1. The summed E-state index contributed by atoms with van der Waals surface area (Å²) in [7, 11) is 1.27. The van der Waals surface area contributed by atoms with Crippen molar-refractivity contribution >= 4 is 23.4 Å². The van der Waals surface area contributed by atoms with Gasteiger partial charge in [0.05, 0.1) is 38.5 Å². The lowest BCUT2D eigenvalue weighted by molar-refractivity contribution is -0.140. The van der Waals surface area contributed by atoms with Gasteiger partial charge in [0.25, 0.3) is 11.7 Å². The number of aromatic amines is 1. The van der Waals surface area contributed by atoms with E-state index < -0.39 is 23.7 Å². The Morgan fingerprint density at radius 3 is 2.59 bits per heavy atom. The van der Waals surface area contributed by atoms with Gasteiger partial charge in [0.2, 0.25) is 0 Å². The number of carbonyl (C=O) groups excluding carboxylic acids is 3. The minimum absolute atomic E-state index is 0.0257. The summed E-state index contributed by atoms with van der Waals surface area (Å²) in [4.78, 5) is 45.6. The minimum atomic E-state index is -0.822.